The third-order valence-electron chi connectivity index (χ3n) is 2.72. The summed E-state index contributed by atoms with van der Waals surface area (Å²) < 4.78 is 15.8. The Hall–Kier alpha value is -1.34. The molecule has 0 amide bonds. The van der Waals surface area contributed by atoms with E-state index in [1.54, 1.807) is 25.3 Å². The fourth-order valence-corrected chi connectivity index (χ4v) is 1.82. The minimum atomic E-state index is 0.0221. The first-order valence-electron chi connectivity index (χ1n) is 6.59. The number of hydrogen-bond acceptors (Lipinski definition) is 5. The van der Waals surface area contributed by atoms with E-state index in [1.165, 1.54) is 0 Å². The number of halogens is 1. The lowest BCUT2D eigenvalue weighted by molar-refractivity contribution is 0.0337. The van der Waals surface area contributed by atoms with Crippen molar-refractivity contribution in [3.8, 4) is 0 Å². The highest BCUT2D eigenvalue weighted by Gasteiger charge is 2.05. The molecule has 3 N–H and O–H groups in total. The summed E-state index contributed by atoms with van der Waals surface area (Å²) in [7, 11) is 1.66. The zero-order valence-electron chi connectivity index (χ0n) is 12.0. The van der Waals surface area contributed by atoms with Crippen molar-refractivity contribution in [2.75, 3.05) is 33.5 Å². The third-order valence-corrected chi connectivity index (χ3v) is 3.08. The molecule has 0 saturated heterocycles. The smallest absolute Gasteiger partial charge is 0.170 e. The van der Waals surface area contributed by atoms with E-state index in [9.17, 15) is 0 Å². The van der Waals surface area contributed by atoms with Gasteiger partial charge in [0, 0.05) is 30.9 Å². The number of amidine groups is 1. The Kier molecular flexibility index (Phi) is 8.77. The number of oxime groups is 1. The van der Waals surface area contributed by atoms with E-state index in [-0.39, 0.29) is 5.84 Å². The Morgan fingerprint density at radius 1 is 1.24 bits per heavy atom. The molecule has 1 rings (SSSR count). The number of benzene rings is 1. The average Bonchev–Trinajstić information content (AvgIpc) is 2.50. The first-order valence-corrected chi connectivity index (χ1v) is 6.97. The van der Waals surface area contributed by atoms with Crippen LogP contribution in [-0.2, 0) is 20.8 Å². The van der Waals surface area contributed by atoms with E-state index in [0.717, 1.165) is 12.0 Å². The van der Waals surface area contributed by atoms with Gasteiger partial charge in [-0.15, -0.1) is 0 Å². The second kappa shape index (κ2) is 10.4. The van der Waals surface area contributed by atoms with Gasteiger partial charge in [0.2, 0.25) is 0 Å². The van der Waals surface area contributed by atoms with Crippen molar-refractivity contribution in [1.82, 2.24) is 0 Å². The van der Waals surface area contributed by atoms with Crippen LogP contribution in [0.1, 0.15) is 17.5 Å². The fourth-order valence-electron chi connectivity index (χ4n) is 1.59. The quantitative estimate of drug-likeness (QED) is 0.227. The highest BCUT2D eigenvalue weighted by atomic mass is 35.5. The van der Waals surface area contributed by atoms with E-state index < -0.39 is 0 Å². The Morgan fingerprint density at radius 2 is 2.00 bits per heavy atom. The molecule has 0 bridgehead atoms. The summed E-state index contributed by atoms with van der Waals surface area (Å²) in [6.07, 6.45) is 0.873. The highest BCUT2D eigenvalue weighted by molar-refractivity contribution is 6.31. The van der Waals surface area contributed by atoms with Gasteiger partial charge in [-0.1, -0.05) is 28.9 Å². The predicted molar refractivity (Wildman–Crippen MR) is 80.9 cm³/mol. The Labute approximate surface area is 129 Å². The van der Waals surface area contributed by atoms with Gasteiger partial charge in [0.15, 0.2) is 5.84 Å². The molecule has 0 radical (unpaired) electrons. The number of nitrogens with two attached hydrogens (primary N) is 1. The largest absolute Gasteiger partial charge is 0.409 e. The van der Waals surface area contributed by atoms with E-state index in [1.807, 2.05) is 0 Å². The van der Waals surface area contributed by atoms with Crippen molar-refractivity contribution >= 4 is 17.4 Å². The predicted octanol–water partition coefficient (Wildman–Crippen LogP) is 2.00. The van der Waals surface area contributed by atoms with Gasteiger partial charge in [0.25, 0.3) is 0 Å². The summed E-state index contributed by atoms with van der Waals surface area (Å²) in [5.41, 5.74) is 6.89. The van der Waals surface area contributed by atoms with Gasteiger partial charge < -0.3 is 25.2 Å². The van der Waals surface area contributed by atoms with Gasteiger partial charge in [-0.3, -0.25) is 0 Å². The summed E-state index contributed by atoms with van der Waals surface area (Å²) in [4.78, 5) is 0. The van der Waals surface area contributed by atoms with Crippen molar-refractivity contribution in [3.05, 3.63) is 34.3 Å². The highest BCUT2D eigenvalue weighted by Crippen LogP contribution is 2.18. The maximum absolute atomic E-state index is 8.60. The summed E-state index contributed by atoms with van der Waals surface area (Å²) >= 11 is 6.11. The number of ether oxygens (including phenoxy) is 3. The molecule has 118 valence electrons. The van der Waals surface area contributed by atoms with Gasteiger partial charge in [-0.05, 0) is 18.1 Å². The van der Waals surface area contributed by atoms with Gasteiger partial charge in [0.05, 0.1) is 19.8 Å². The van der Waals surface area contributed by atoms with Crippen LogP contribution < -0.4 is 5.73 Å². The van der Waals surface area contributed by atoms with E-state index in [2.05, 4.69) is 5.16 Å². The van der Waals surface area contributed by atoms with Crippen LogP contribution >= 0.6 is 11.6 Å². The molecule has 0 aromatic heterocycles. The minimum absolute atomic E-state index is 0.0221. The maximum atomic E-state index is 8.60. The second-order valence-corrected chi connectivity index (χ2v) is 4.71. The molecule has 0 aliphatic rings. The number of hydrogen-bond donors (Lipinski definition) is 2. The Morgan fingerprint density at radius 3 is 2.67 bits per heavy atom. The van der Waals surface area contributed by atoms with Crippen LogP contribution in [0.5, 0.6) is 0 Å². The van der Waals surface area contributed by atoms with E-state index in [0.29, 0.717) is 43.6 Å². The summed E-state index contributed by atoms with van der Waals surface area (Å²) in [5, 5.41) is 12.0. The van der Waals surface area contributed by atoms with Crippen LogP contribution in [-0.4, -0.2) is 44.6 Å². The Bertz CT molecular complexity index is 455. The normalized spacial score (nSPS) is 11.8. The molecule has 0 unspecified atom stereocenters. The summed E-state index contributed by atoms with van der Waals surface area (Å²) in [5.74, 6) is 0.0221. The van der Waals surface area contributed by atoms with Crippen molar-refractivity contribution < 1.29 is 19.4 Å². The molecule has 6 nitrogen and oxygen atoms in total. The van der Waals surface area contributed by atoms with Crippen LogP contribution in [0.2, 0.25) is 5.02 Å². The van der Waals surface area contributed by atoms with Crippen LogP contribution in [0, 0.1) is 0 Å². The van der Waals surface area contributed by atoms with Crippen molar-refractivity contribution in [3.63, 3.8) is 0 Å². The molecule has 0 atom stereocenters. The maximum Gasteiger partial charge on any atom is 0.170 e. The molecular weight excluding hydrogens is 296 g/mol. The molecule has 1 aromatic rings. The fraction of sp³-hybridized carbons (Fsp3) is 0.500. The zero-order valence-corrected chi connectivity index (χ0v) is 12.8. The molecule has 0 aliphatic heterocycles. The zero-order chi connectivity index (χ0) is 15.5. The molecule has 21 heavy (non-hydrogen) atoms. The number of methoxy groups -OCH3 is 1. The van der Waals surface area contributed by atoms with E-state index >= 15 is 0 Å². The molecule has 0 aliphatic carbocycles. The first kappa shape index (κ1) is 17.7. The van der Waals surface area contributed by atoms with Gasteiger partial charge >= 0.3 is 0 Å². The second-order valence-electron chi connectivity index (χ2n) is 4.30. The standard InChI is InChI=1S/C14H21ClN2O4/c1-19-5-2-6-20-7-8-21-10-12-4-3-11(9-13(12)15)14(16)17-18/h3-4,9,18H,2,5-8,10H2,1H3,(H2,16,17). The first-order chi connectivity index (χ1) is 10.2. The van der Waals surface area contributed by atoms with E-state index in [4.69, 9.17) is 36.8 Å². The molecular formula is C14H21ClN2O4. The van der Waals surface area contributed by atoms with Crippen LogP contribution in [0.25, 0.3) is 0 Å². The van der Waals surface area contributed by atoms with Gasteiger partial charge in [-0.2, -0.15) is 0 Å². The lowest BCUT2D eigenvalue weighted by atomic mass is 10.1. The molecule has 0 heterocycles. The lowest BCUT2D eigenvalue weighted by Crippen LogP contribution is -2.13. The molecule has 0 spiro atoms. The molecule has 1 aromatic carbocycles. The van der Waals surface area contributed by atoms with Crippen LogP contribution in [0.15, 0.2) is 23.4 Å². The van der Waals surface area contributed by atoms with Crippen molar-refractivity contribution in [1.29, 1.82) is 0 Å². The van der Waals surface area contributed by atoms with Crippen molar-refractivity contribution in [2.45, 2.75) is 13.0 Å². The van der Waals surface area contributed by atoms with Crippen molar-refractivity contribution in [2.24, 2.45) is 10.9 Å². The molecule has 7 heteroatoms. The Balaban J connectivity index is 2.26. The van der Waals surface area contributed by atoms with Crippen LogP contribution in [0.4, 0.5) is 0 Å². The molecule has 0 saturated carbocycles. The lowest BCUT2D eigenvalue weighted by Gasteiger charge is -2.08. The summed E-state index contributed by atoms with van der Waals surface area (Å²) in [6, 6.07) is 5.15. The number of nitrogens with zero attached hydrogens (tertiary/aromatic N) is 1. The number of rotatable bonds is 10. The van der Waals surface area contributed by atoms with Gasteiger partial charge in [0.1, 0.15) is 0 Å². The minimum Gasteiger partial charge on any atom is -0.409 e. The third kappa shape index (κ3) is 6.77. The SMILES string of the molecule is COCCCOCCOCc1ccc(/C(N)=N/O)cc1Cl. The van der Waals surface area contributed by atoms with Gasteiger partial charge in [-0.25, -0.2) is 0 Å². The summed E-state index contributed by atoms with van der Waals surface area (Å²) in [6.45, 7) is 2.76. The van der Waals surface area contributed by atoms with Crippen LogP contribution in [0.3, 0.4) is 0 Å². The average molecular weight is 317 g/mol. The monoisotopic (exact) mass is 316 g/mol. The molecule has 0 fully saturated rings. The topological polar surface area (TPSA) is 86.3 Å².